The van der Waals surface area contributed by atoms with Crippen LogP contribution in [0.15, 0.2) is 24.3 Å². The number of carbonyl (C=O) groups is 1. The van der Waals surface area contributed by atoms with Gasteiger partial charge in [-0.1, -0.05) is 6.07 Å². The van der Waals surface area contributed by atoms with E-state index in [1.807, 2.05) is 24.3 Å². The van der Waals surface area contributed by atoms with Crippen LogP contribution >= 0.6 is 22.6 Å². The first kappa shape index (κ1) is 12.3. The van der Waals surface area contributed by atoms with Gasteiger partial charge in [-0.2, -0.15) is 0 Å². The molecule has 82 valence electrons. The number of halogens is 1. The summed E-state index contributed by atoms with van der Waals surface area (Å²) in [6.07, 6.45) is 0. The predicted octanol–water partition coefficient (Wildman–Crippen LogP) is 1.75. The third kappa shape index (κ3) is 4.05. The lowest BCUT2D eigenvalue weighted by Crippen LogP contribution is -2.33. The van der Waals surface area contributed by atoms with Gasteiger partial charge in [-0.05, 0) is 40.8 Å². The molecule has 1 aromatic rings. The van der Waals surface area contributed by atoms with E-state index >= 15 is 0 Å². The molecule has 0 aliphatic carbocycles. The second-order valence-corrected chi connectivity index (χ2v) is 4.33. The average molecular weight is 320 g/mol. The number of hydrogen-bond acceptors (Lipinski definition) is 2. The molecule has 0 saturated carbocycles. The van der Waals surface area contributed by atoms with Gasteiger partial charge in [0.15, 0.2) is 0 Å². The van der Waals surface area contributed by atoms with Gasteiger partial charge in [0.2, 0.25) is 0 Å². The van der Waals surface area contributed by atoms with Crippen LogP contribution in [0.2, 0.25) is 0 Å². The zero-order chi connectivity index (χ0) is 11.3. The molecule has 0 spiro atoms. The van der Waals surface area contributed by atoms with Crippen molar-refractivity contribution in [1.82, 2.24) is 4.90 Å². The predicted molar refractivity (Wildman–Crippen MR) is 67.9 cm³/mol. The number of hydrogen-bond donors (Lipinski definition) is 2. The number of benzene rings is 1. The van der Waals surface area contributed by atoms with Gasteiger partial charge < -0.3 is 15.3 Å². The molecule has 1 rings (SSSR count). The summed E-state index contributed by atoms with van der Waals surface area (Å²) in [5, 5.41) is 11.4. The van der Waals surface area contributed by atoms with Crippen molar-refractivity contribution in [1.29, 1.82) is 0 Å². The second kappa shape index (κ2) is 5.92. The highest BCUT2D eigenvalue weighted by Crippen LogP contribution is 2.12. The Morgan fingerprint density at radius 3 is 2.93 bits per heavy atom. The van der Waals surface area contributed by atoms with E-state index in [2.05, 4.69) is 27.9 Å². The van der Waals surface area contributed by atoms with E-state index in [0.717, 1.165) is 9.26 Å². The molecule has 0 aliphatic heterocycles. The SMILES string of the molecule is CN(CCO)C(=O)Nc1cccc(I)c1. The fourth-order valence-electron chi connectivity index (χ4n) is 1.04. The Labute approximate surface area is 102 Å². The van der Waals surface area contributed by atoms with Gasteiger partial charge in [-0.15, -0.1) is 0 Å². The van der Waals surface area contributed by atoms with Gasteiger partial charge in [0, 0.05) is 22.8 Å². The number of aliphatic hydroxyl groups is 1. The lowest BCUT2D eigenvalue weighted by molar-refractivity contribution is 0.202. The summed E-state index contributed by atoms with van der Waals surface area (Å²) in [7, 11) is 1.64. The molecule has 0 aliphatic rings. The van der Waals surface area contributed by atoms with Crippen LogP contribution in [0.1, 0.15) is 0 Å². The van der Waals surface area contributed by atoms with Crippen molar-refractivity contribution in [3.8, 4) is 0 Å². The van der Waals surface area contributed by atoms with Crippen LogP contribution in [-0.4, -0.2) is 36.2 Å². The first-order valence-corrected chi connectivity index (χ1v) is 5.60. The molecule has 0 saturated heterocycles. The smallest absolute Gasteiger partial charge is 0.321 e. The number of nitrogens with one attached hydrogen (secondary N) is 1. The first-order valence-electron chi connectivity index (χ1n) is 4.52. The maximum absolute atomic E-state index is 11.5. The number of aliphatic hydroxyl groups excluding tert-OH is 1. The molecule has 0 atom stereocenters. The highest BCUT2D eigenvalue weighted by molar-refractivity contribution is 14.1. The van der Waals surface area contributed by atoms with Crippen LogP contribution in [0.25, 0.3) is 0 Å². The van der Waals surface area contributed by atoms with E-state index in [4.69, 9.17) is 5.11 Å². The van der Waals surface area contributed by atoms with Crippen LogP contribution in [0.4, 0.5) is 10.5 Å². The molecule has 0 unspecified atom stereocenters. The number of urea groups is 1. The minimum absolute atomic E-state index is 0.0315. The van der Waals surface area contributed by atoms with Gasteiger partial charge in [-0.25, -0.2) is 4.79 Å². The third-order valence-corrected chi connectivity index (χ3v) is 2.53. The zero-order valence-electron chi connectivity index (χ0n) is 8.40. The summed E-state index contributed by atoms with van der Waals surface area (Å²) < 4.78 is 1.07. The Bertz CT molecular complexity index is 344. The molecule has 5 heteroatoms. The normalized spacial score (nSPS) is 9.80. The number of likely N-dealkylation sites (N-methyl/N-ethyl adjacent to an activating group) is 1. The van der Waals surface area contributed by atoms with Crippen LogP contribution in [0.3, 0.4) is 0 Å². The molecule has 2 N–H and O–H groups in total. The molecule has 0 radical (unpaired) electrons. The molecule has 0 fully saturated rings. The summed E-state index contributed by atoms with van der Waals surface area (Å²) >= 11 is 2.18. The molecule has 2 amide bonds. The van der Waals surface area contributed by atoms with Crippen molar-refractivity contribution in [2.75, 3.05) is 25.5 Å². The maximum atomic E-state index is 11.5. The van der Waals surface area contributed by atoms with E-state index in [9.17, 15) is 4.79 Å². The Morgan fingerprint density at radius 1 is 1.60 bits per heavy atom. The van der Waals surface area contributed by atoms with Gasteiger partial charge in [0.05, 0.1) is 6.61 Å². The summed E-state index contributed by atoms with van der Waals surface area (Å²) in [6, 6.07) is 7.32. The van der Waals surface area contributed by atoms with E-state index < -0.39 is 0 Å². The largest absolute Gasteiger partial charge is 0.395 e. The average Bonchev–Trinajstić information content (AvgIpc) is 2.18. The number of anilines is 1. The number of amides is 2. The number of rotatable bonds is 3. The highest BCUT2D eigenvalue weighted by Gasteiger charge is 2.07. The summed E-state index contributed by atoms with van der Waals surface area (Å²) in [5.74, 6) is 0. The van der Waals surface area contributed by atoms with E-state index in [0.29, 0.717) is 6.54 Å². The minimum Gasteiger partial charge on any atom is -0.395 e. The van der Waals surface area contributed by atoms with Gasteiger partial charge in [0.1, 0.15) is 0 Å². The van der Waals surface area contributed by atoms with E-state index in [-0.39, 0.29) is 12.6 Å². The Hall–Kier alpha value is -0.820. The Balaban J connectivity index is 2.58. The minimum atomic E-state index is -0.217. The zero-order valence-corrected chi connectivity index (χ0v) is 10.6. The fourth-order valence-corrected chi connectivity index (χ4v) is 1.58. The molecule has 0 aromatic heterocycles. The second-order valence-electron chi connectivity index (χ2n) is 3.09. The lowest BCUT2D eigenvalue weighted by Gasteiger charge is -2.16. The molecule has 1 aromatic carbocycles. The Kier molecular flexibility index (Phi) is 4.83. The molecular formula is C10H13IN2O2. The molecule has 0 heterocycles. The fraction of sp³-hybridized carbons (Fsp3) is 0.300. The van der Waals surface area contributed by atoms with Crippen molar-refractivity contribution in [3.63, 3.8) is 0 Å². The van der Waals surface area contributed by atoms with E-state index in [1.165, 1.54) is 4.90 Å². The first-order chi connectivity index (χ1) is 7.13. The lowest BCUT2D eigenvalue weighted by atomic mass is 10.3. The standard InChI is InChI=1S/C10H13IN2O2/c1-13(5-6-14)10(15)12-9-4-2-3-8(11)7-9/h2-4,7,14H,5-6H2,1H3,(H,12,15). The van der Waals surface area contributed by atoms with Gasteiger partial charge >= 0.3 is 6.03 Å². The van der Waals surface area contributed by atoms with Crippen LogP contribution in [0, 0.1) is 3.57 Å². The van der Waals surface area contributed by atoms with Crippen LogP contribution < -0.4 is 5.32 Å². The van der Waals surface area contributed by atoms with Crippen molar-refractivity contribution in [3.05, 3.63) is 27.8 Å². The number of carbonyl (C=O) groups excluding carboxylic acids is 1. The van der Waals surface area contributed by atoms with Crippen molar-refractivity contribution in [2.24, 2.45) is 0 Å². The van der Waals surface area contributed by atoms with Crippen molar-refractivity contribution < 1.29 is 9.90 Å². The maximum Gasteiger partial charge on any atom is 0.321 e. The third-order valence-electron chi connectivity index (χ3n) is 1.86. The number of nitrogens with zero attached hydrogens (tertiary/aromatic N) is 1. The van der Waals surface area contributed by atoms with E-state index in [1.54, 1.807) is 7.05 Å². The summed E-state index contributed by atoms with van der Waals surface area (Å²) in [5.41, 5.74) is 0.761. The molecule has 15 heavy (non-hydrogen) atoms. The molecule has 0 bridgehead atoms. The topological polar surface area (TPSA) is 52.6 Å². The van der Waals surface area contributed by atoms with Crippen LogP contribution in [-0.2, 0) is 0 Å². The molecule has 4 nitrogen and oxygen atoms in total. The summed E-state index contributed by atoms with van der Waals surface area (Å²) in [4.78, 5) is 12.9. The van der Waals surface area contributed by atoms with Gasteiger partial charge in [0.25, 0.3) is 0 Å². The summed E-state index contributed by atoms with van der Waals surface area (Å²) in [6.45, 7) is 0.298. The van der Waals surface area contributed by atoms with Crippen molar-refractivity contribution >= 4 is 34.3 Å². The highest BCUT2D eigenvalue weighted by atomic mass is 127. The van der Waals surface area contributed by atoms with Crippen molar-refractivity contribution in [2.45, 2.75) is 0 Å². The van der Waals surface area contributed by atoms with Gasteiger partial charge in [-0.3, -0.25) is 0 Å². The quantitative estimate of drug-likeness (QED) is 0.834. The van der Waals surface area contributed by atoms with Crippen LogP contribution in [0.5, 0.6) is 0 Å². The monoisotopic (exact) mass is 320 g/mol. The Morgan fingerprint density at radius 2 is 2.33 bits per heavy atom. The molecular weight excluding hydrogens is 307 g/mol.